The fourth-order valence-corrected chi connectivity index (χ4v) is 11.0. The van der Waals surface area contributed by atoms with Crippen LogP contribution in [0.15, 0.2) is 255 Å². The van der Waals surface area contributed by atoms with Crippen LogP contribution in [0.3, 0.4) is 0 Å². The van der Waals surface area contributed by atoms with Crippen molar-refractivity contribution in [2.75, 3.05) is 4.90 Å². The highest BCUT2D eigenvalue weighted by molar-refractivity contribution is 6.10. The molecule has 0 saturated heterocycles. The summed E-state index contributed by atoms with van der Waals surface area (Å²) >= 11 is 0. The van der Waals surface area contributed by atoms with Crippen molar-refractivity contribution in [2.45, 2.75) is 19.3 Å². The van der Waals surface area contributed by atoms with E-state index in [9.17, 15) is 0 Å². The summed E-state index contributed by atoms with van der Waals surface area (Å²) in [6.45, 7) is 4.72. The van der Waals surface area contributed by atoms with Crippen molar-refractivity contribution in [3.8, 4) is 61.3 Å². The largest absolute Gasteiger partial charge is 0.310 e. The Labute approximate surface area is 403 Å². The van der Waals surface area contributed by atoms with Crippen molar-refractivity contribution in [2.24, 2.45) is 0 Å². The van der Waals surface area contributed by atoms with Gasteiger partial charge in [-0.1, -0.05) is 196 Å². The Morgan fingerprint density at radius 1 is 0.304 bits per heavy atom. The molecule has 0 amide bonds. The maximum absolute atomic E-state index is 2.42. The second kappa shape index (κ2) is 16.3. The predicted molar refractivity (Wildman–Crippen MR) is 292 cm³/mol. The third-order valence-electron chi connectivity index (χ3n) is 14.6. The third-order valence-corrected chi connectivity index (χ3v) is 14.6. The van der Waals surface area contributed by atoms with Crippen LogP contribution < -0.4 is 4.90 Å². The average Bonchev–Trinajstić information content (AvgIpc) is 3.86. The minimum atomic E-state index is -0.117. The lowest BCUT2D eigenvalue weighted by molar-refractivity contribution is 0.660. The molecule has 0 N–H and O–H groups in total. The van der Waals surface area contributed by atoms with Crippen LogP contribution in [0, 0.1) is 0 Å². The molecule has 0 unspecified atom stereocenters. The van der Waals surface area contributed by atoms with Crippen molar-refractivity contribution in [1.29, 1.82) is 0 Å². The van der Waals surface area contributed by atoms with E-state index in [2.05, 4.69) is 278 Å². The molecular weight excluding hydrogens is 833 g/mol. The molecular formula is C67H48N2. The second-order valence-corrected chi connectivity index (χ2v) is 19.0. The van der Waals surface area contributed by atoms with Crippen LogP contribution in [0.4, 0.5) is 17.1 Å². The number of benzene rings is 11. The highest BCUT2D eigenvalue weighted by atomic mass is 15.1. The number of nitrogens with zero attached hydrogens (tertiary/aromatic N) is 2. The molecule has 1 aromatic heterocycles. The van der Waals surface area contributed by atoms with E-state index in [-0.39, 0.29) is 5.41 Å². The van der Waals surface area contributed by atoms with E-state index in [0.717, 1.165) is 22.7 Å². The lowest BCUT2D eigenvalue weighted by Crippen LogP contribution is -2.16. The van der Waals surface area contributed by atoms with Crippen molar-refractivity contribution < 1.29 is 0 Å². The first-order valence-electron chi connectivity index (χ1n) is 24.0. The lowest BCUT2D eigenvalue weighted by Gasteiger charge is -2.28. The number of fused-ring (bicyclic) bond motifs is 7. The van der Waals surface area contributed by atoms with Crippen molar-refractivity contribution in [1.82, 2.24) is 4.57 Å². The van der Waals surface area contributed by atoms with Gasteiger partial charge in [-0.15, -0.1) is 0 Å². The minimum absolute atomic E-state index is 0.117. The van der Waals surface area contributed by atoms with Gasteiger partial charge in [0, 0.05) is 38.9 Å². The fourth-order valence-electron chi connectivity index (χ4n) is 11.0. The molecule has 69 heavy (non-hydrogen) atoms. The van der Waals surface area contributed by atoms with Crippen molar-refractivity contribution in [3.63, 3.8) is 0 Å². The van der Waals surface area contributed by atoms with E-state index in [1.165, 1.54) is 99.3 Å². The second-order valence-electron chi connectivity index (χ2n) is 19.0. The Bertz CT molecular complexity index is 3890. The van der Waals surface area contributed by atoms with Crippen LogP contribution in [-0.4, -0.2) is 4.57 Å². The van der Waals surface area contributed by atoms with Crippen LogP contribution in [0.1, 0.15) is 25.0 Å². The monoisotopic (exact) mass is 880 g/mol. The molecule has 326 valence electrons. The zero-order valence-electron chi connectivity index (χ0n) is 38.6. The number of hydrogen-bond acceptors (Lipinski definition) is 1. The molecule has 0 radical (unpaired) electrons. The van der Waals surface area contributed by atoms with Crippen LogP contribution in [-0.2, 0) is 5.41 Å². The fraction of sp³-hybridized carbons (Fsp3) is 0.0448. The molecule has 0 aliphatic heterocycles. The highest BCUT2D eigenvalue weighted by Crippen LogP contribution is 2.51. The van der Waals surface area contributed by atoms with Gasteiger partial charge in [0.2, 0.25) is 0 Å². The minimum Gasteiger partial charge on any atom is -0.310 e. The van der Waals surface area contributed by atoms with E-state index in [0.29, 0.717) is 0 Å². The van der Waals surface area contributed by atoms with Crippen LogP contribution in [0.25, 0.3) is 93.9 Å². The summed E-state index contributed by atoms with van der Waals surface area (Å²) in [4.78, 5) is 2.42. The number of rotatable bonds is 8. The van der Waals surface area contributed by atoms with Crippen LogP contribution in [0.2, 0.25) is 0 Å². The van der Waals surface area contributed by atoms with Gasteiger partial charge in [-0.2, -0.15) is 0 Å². The van der Waals surface area contributed by atoms with E-state index in [1.54, 1.807) is 0 Å². The average molecular weight is 881 g/mol. The van der Waals surface area contributed by atoms with Gasteiger partial charge in [-0.3, -0.25) is 0 Å². The molecule has 2 nitrogen and oxygen atoms in total. The lowest BCUT2D eigenvalue weighted by atomic mass is 9.82. The first kappa shape index (κ1) is 40.5. The molecule has 0 bridgehead atoms. The summed E-state index contributed by atoms with van der Waals surface area (Å²) < 4.78 is 2.39. The van der Waals surface area contributed by atoms with Crippen molar-refractivity contribution in [3.05, 3.63) is 266 Å². The number of aromatic nitrogens is 1. The summed E-state index contributed by atoms with van der Waals surface area (Å²) in [6, 6.07) is 93.6. The Kier molecular flexibility index (Phi) is 9.55. The van der Waals surface area contributed by atoms with Crippen LogP contribution >= 0.6 is 0 Å². The molecule has 12 aromatic rings. The molecule has 2 heteroatoms. The molecule has 0 fully saturated rings. The van der Waals surface area contributed by atoms with E-state index in [4.69, 9.17) is 0 Å². The molecule has 0 atom stereocenters. The predicted octanol–water partition coefficient (Wildman–Crippen LogP) is 18.4. The summed E-state index contributed by atoms with van der Waals surface area (Å²) in [5, 5.41) is 5.00. The van der Waals surface area contributed by atoms with Gasteiger partial charge in [0.25, 0.3) is 0 Å². The Morgan fingerprint density at radius 2 is 0.826 bits per heavy atom. The zero-order valence-corrected chi connectivity index (χ0v) is 38.6. The Morgan fingerprint density at radius 3 is 1.62 bits per heavy atom. The molecule has 1 heterocycles. The van der Waals surface area contributed by atoms with E-state index >= 15 is 0 Å². The number of para-hydroxylation sites is 1. The van der Waals surface area contributed by atoms with Gasteiger partial charge in [0.1, 0.15) is 0 Å². The Balaban J connectivity index is 0.849. The Hall–Kier alpha value is -8.72. The van der Waals surface area contributed by atoms with Crippen LogP contribution in [0.5, 0.6) is 0 Å². The van der Waals surface area contributed by atoms with Gasteiger partial charge in [0.15, 0.2) is 0 Å². The SMILES string of the molecule is CC1(C)c2ccccc2-c2ccc(N(c3ccc(-c4ccc5ccccc5c4)cc3)c3cccc(-c4ccc(-c5ccc6c(c5)c5ccccc5n6-c5ccc(-c6ccccc6)cc5)cc4)c3)cc21. The maximum atomic E-state index is 2.42. The molecule has 0 spiro atoms. The van der Waals surface area contributed by atoms with Gasteiger partial charge in [-0.05, 0) is 150 Å². The van der Waals surface area contributed by atoms with Gasteiger partial charge < -0.3 is 9.47 Å². The molecule has 11 aromatic carbocycles. The van der Waals surface area contributed by atoms with E-state index < -0.39 is 0 Å². The quantitative estimate of drug-likeness (QED) is 0.148. The molecule has 1 aliphatic carbocycles. The third kappa shape index (κ3) is 6.95. The van der Waals surface area contributed by atoms with E-state index in [1.807, 2.05) is 0 Å². The molecule has 13 rings (SSSR count). The summed E-state index contributed by atoms with van der Waals surface area (Å²) in [7, 11) is 0. The summed E-state index contributed by atoms with van der Waals surface area (Å²) in [5.41, 5.74) is 21.8. The standard InChI is InChI=1S/C67H48N2/c1-67(2)63-21-10-8-19-59(63)60-39-38-58(44-64(60)67)68(55-34-31-50(32-35-55)53-28-27-46-15-6-7-16-51(46)41-53)57-18-12-17-52(42-57)48-23-25-49(26-24-48)54-33-40-66-62(43-54)61-20-9-11-22-65(61)69(66)56-36-29-47(30-37-56)45-13-4-3-5-14-45/h3-44H,1-2H3. The first-order chi connectivity index (χ1) is 33.9. The molecule has 0 saturated carbocycles. The normalized spacial score (nSPS) is 12.6. The highest BCUT2D eigenvalue weighted by Gasteiger charge is 2.35. The number of hydrogen-bond donors (Lipinski definition) is 0. The van der Waals surface area contributed by atoms with Gasteiger partial charge in [0.05, 0.1) is 11.0 Å². The molecule has 1 aliphatic rings. The van der Waals surface area contributed by atoms with Gasteiger partial charge >= 0.3 is 0 Å². The topological polar surface area (TPSA) is 8.17 Å². The zero-order chi connectivity index (χ0) is 46.1. The summed E-state index contributed by atoms with van der Waals surface area (Å²) in [6.07, 6.45) is 0. The maximum Gasteiger partial charge on any atom is 0.0541 e. The van der Waals surface area contributed by atoms with Gasteiger partial charge in [-0.25, -0.2) is 0 Å². The number of anilines is 3. The summed E-state index contributed by atoms with van der Waals surface area (Å²) in [5.74, 6) is 0. The smallest absolute Gasteiger partial charge is 0.0541 e. The first-order valence-corrected chi connectivity index (χ1v) is 24.0. The van der Waals surface area contributed by atoms with Crippen molar-refractivity contribution >= 4 is 49.6 Å².